The minimum absolute atomic E-state index is 0.276. The summed E-state index contributed by atoms with van der Waals surface area (Å²) in [6.07, 6.45) is 0. The average molecular weight is 269 g/mol. The van der Waals surface area contributed by atoms with Crippen LogP contribution < -0.4 is 4.90 Å². The molecule has 0 saturated heterocycles. The van der Waals surface area contributed by atoms with E-state index in [0.717, 1.165) is 16.8 Å². The van der Waals surface area contributed by atoms with Crippen LogP contribution in [0.4, 0.5) is 5.69 Å². The molecule has 3 heteroatoms. The highest BCUT2D eigenvalue weighted by atomic mass is 16.5. The summed E-state index contributed by atoms with van der Waals surface area (Å²) in [5, 5.41) is 0. The Kier molecular flexibility index (Phi) is 4.41. The molecule has 0 radical (unpaired) electrons. The van der Waals surface area contributed by atoms with Gasteiger partial charge in [0.15, 0.2) is 0 Å². The Labute approximate surface area is 119 Å². The van der Waals surface area contributed by atoms with E-state index in [1.54, 1.807) is 19.1 Å². The molecule has 3 nitrogen and oxygen atoms in total. The quantitative estimate of drug-likeness (QED) is 0.794. The maximum Gasteiger partial charge on any atom is 0.338 e. The molecule has 0 bridgehead atoms. The van der Waals surface area contributed by atoms with E-state index < -0.39 is 0 Å². The number of rotatable bonds is 4. The van der Waals surface area contributed by atoms with Crippen LogP contribution >= 0.6 is 0 Å². The van der Waals surface area contributed by atoms with Gasteiger partial charge in [-0.25, -0.2) is 4.79 Å². The highest BCUT2D eigenvalue weighted by Gasteiger charge is 2.06. The number of anilines is 1. The van der Waals surface area contributed by atoms with E-state index in [1.807, 2.05) is 26.2 Å². The second kappa shape index (κ2) is 6.24. The molecule has 2 rings (SSSR count). The van der Waals surface area contributed by atoms with Crippen molar-refractivity contribution in [3.8, 4) is 11.1 Å². The molecule has 2 aromatic carbocycles. The molecule has 0 atom stereocenters. The highest BCUT2D eigenvalue weighted by molar-refractivity contribution is 5.90. The maximum atomic E-state index is 11.6. The van der Waals surface area contributed by atoms with E-state index in [0.29, 0.717) is 12.2 Å². The molecular weight excluding hydrogens is 250 g/mol. The van der Waals surface area contributed by atoms with Gasteiger partial charge in [0, 0.05) is 19.8 Å². The van der Waals surface area contributed by atoms with Gasteiger partial charge in [-0.3, -0.25) is 0 Å². The zero-order chi connectivity index (χ0) is 14.5. The summed E-state index contributed by atoms with van der Waals surface area (Å²) in [5.74, 6) is -0.276. The second-order valence-corrected chi connectivity index (χ2v) is 4.74. The predicted octanol–water partition coefficient (Wildman–Crippen LogP) is 3.60. The average Bonchev–Trinajstić information content (AvgIpc) is 2.48. The normalized spacial score (nSPS) is 10.2. The van der Waals surface area contributed by atoms with E-state index in [9.17, 15) is 4.79 Å². The van der Waals surface area contributed by atoms with Crippen LogP contribution in [0, 0.1) is 0 Å². The Balaban J connectivity index is 2.19. The lowest BCUT2D eigenvalue weighted by atomic mass is 10.0. The third kappa shape index (κ3) is 3.18. The molecule has 0 fully saturated rings. The number of benzene rings is 2. The molecule has 0 aliphatic heterocycles. The second-order valence-electron chi connectivity index (χ2n) is 4.74. The first-order valence-electron chi connectivity index (χ1n) is 6.66. The van der Waals surface area contributed by atoms with Crippen molar-refractivity contribution < 1.29 is 9.53 Å². The molecule has 0 aliphatic rings. The summed E-state index contributed by atoms with van der Waals surface area (Å²) in [7, 11) is 4.03. The zero-order valence-electron chi connectivity index (χ0n) is 12.1. The fourth-order valence-corrected chi connectivity index (χ4v) is 1.97. The minimum atomic E-state index is -0.276. The molecule has 20 heavy (non-hydrogen) atoms. The molecule has 0 spiro atoms. The summed E-state index contributed by atoms with van der Waals surface area (Å²) in [6.45, 7) is 2.20. The molecule has 0 aliphatic carbocycles. The van der Waals surface area contributed by atoms with Crippen molar-refractivity contribution in [3.63, 3.8) is 0 Å². The molecule has 104 valence electrons. The van der Waals surface area contributed by atoms with Crippen LogP contribution in [0.25, 0.3) is 11.1 Å². The van der Waals surface area contributed by atoms with E-state index >= 15 is 0 Å². The Morgan fingerprint density at radius 2 is 1.45 bits per heavy atom. The number of hydrogen-bond acceptors (Lipinski definition) is 3. The molecule has 0 saturated carbocycles. The van der Waals surface area contributed by atoms with E-state index in [4.69, 9.17) is 4.74 Å². The van der Waals surface area contributed by atoms with E-state index in [-0.39, 0.29) is 5.97 Å². The zero-order valence-corrected chi connectivity index (χ0v) is 12.1. The summed E-state index contributed by atoms with van der Waals surface area (Å²) >= 11 is 0. The van der Waals surface area contributed by atoms with Gasteiger partial charge in [-0.1, -0.05) is 24.3 Å². The Hall–Kier alpha value is -2.29. The van der Waals surface area contributed by atoms with Crippen LogP contribution in [0.1, 0.15) is 17.3 Å². The van der Waals surface area contributed by atoms with Crippen LogP contribution in [0.2, 0.25) is 0 Å². The summed E-state index contributed by atoms with van der Waals surface area (Å²) in [4.78, 5) is 13.6. The van der Waals surface area contributed by atoms with Gasteiger partial charge >= 0.3 is 5.97 Å². The number of carbonyl (C=O) groups is 1. The molecular formula is C17H19NO2. The van der Waals surface area contributed by atoms with Crippen molar-refractivity contribution >= 4 is 11.7 Å². The number of carbonyl (C=O) groups excluding carboxylic acids is 1. The third-order valence-corrected chi connectivity index (χ3v) is 3.11. The largest absolute Gasteiger partial charge is 0.462 e. The van der Waals surface area contributed by atoms with Crippen molar-refractivity contribution in [1.82, 2.24) is 0 Å². The third-order valence-electron chi connectivity index (χ3n) is 3.11. The van der Waals surface area contributed by atoms with Crippen molar-refractivity contribution in [1.29, 1.82) is 0 Å². The number of ether oxygens (including phenoxy) is 1. The fourth-order valence-electron chi connectivity index (χ4n) is 1.97. The maximum absolute atomic E-state index is 11.6. The van der Waals surface area contributed by atoms with E-state index in [1.165, 1.54) is 0 Å². The fraction of sp³-hybridized carbons (Fsp3) is 0.235. The molecule has 0 N–H and O–H groups in total. The van der Waals surface area contributed by atoms with Crippen molar-refractivity contribution in [2.45, 2.75) is 6.92 Å². The Bertz CT molecular complexity index is 571. The number of esters is 1. The first kappa shape index (κ1) is 14.1. The summed E-state index contributed by atoms with van der Waals surface area (Å²) in [6, 6.07) is 15.8. The van der Waals surface area contributed by atoms with Gasteiger partial charge in [0.2, 0.25) is 0 Å². The molecule has 2 aromatic rings. The van der Waals surface area contributed by atoms with Gasteiger partial charge in [-0.2, -0.15) is 0 Å². The molecule has 0 heterocycles. The van der Waals surface area contributed by atoms with Crippen LogP contribution in [0.5, 0.6) is 0 Å². The van der Waals surface area contributed by atoms with Crippen LogP contribution in [-0.2, 0) is 4.74 Å². The monoisotopic (exact) mass is 269 g/mol. The Morgan fingerprint density at radius 3 is 1.90 bits per heavy atom. The van der Waals surface area contributed by atoms with Gasteiger partial charge < -0.3 is 9.64 Å². The molecule has 0 aromatic heterocycles. The van der Waals surface area contributed by atoms with Crippen molar-refractivity contribution in [3.05, 3.63) is 54.1 Å². The molecule has 0 amide bonds. The van der Waals surface area contributed by atoms with Crippen molar-refractivity contribution in [2.75, 3.05) is 25.6 Å². The first-order valence-corrected chi connectivity index (χ1v) is 6.66. The standard InChI is InChI=1S/C17H19NO2/c1-4-20-17(19)15-7-5-13(6-8-15)14-9-11-16(12-10-14)18(2)3/h5-12H,4H2,1-3H3. The number of hydrogen-bond donors (Lipinski definition) is 0. The smallest absolute Gasteiger partial charge is 0.338 e. The van der Waals surface area contributed by atoms with Gasteiger partial charge in [0.05, 0.1) is 12.2 Å². The lowest BCUT2D eigenvalue weighted by molar-refractivity contribution is 0.0526. The lowest BCUT2D eigenvalue weighted by Crippen LogP contribution is -2.07. The Morgan fingerprint density at radius 1 is 0.950 bits per heavy atom. The van der Waals surface area contributed by atoms with E-state index in [2.05, 4.69) is 29.2 Å². The van der Waals surface area contributed by atoms with Gasteiger partial charge in [-0.05, 0) is 42.3 Å². The summed E-state index contributed by atoms with van der Waals surface area (Å²) in [5.41, 5.74) is 3.96. The predicted molar refractivity (Wildman–Crippen MR) is 82.2 cm³/mol. The van der Waals surface area contributed by atoms with Gasteiger partial charge in [-0.15, -0.1) is 0 Å². The summed E-state index contributed by atoms with van der Waals surface area (Å²) < 4.78 is 4.97. The topological polar surface area (TPSA) is 29.5 Å². The number of nitrogens with zero attached hydrogens (tertiary/aromatic N) is 1. The van der Waals surface area contributed by atoms with Crippen molar-refractivity contribution in [2.24, 2.45) is 0 Å². The van der Waals surface area contributed by atoms with Crippen LogP contribution in [-0.4, -0.2) is 26.7 Å². The molecule has 0 unspecified atom stereocenters. The first-order chi connectivity index (χ1) is 9.61. The SMILES string of the molecule is CCOC(=O)c1ccc(-c2ccc(N(C)C)cc2)cc1. The van der Waals surface area contributed by atoms with Gasteiger partial charge in [0.1, 0.15) is 0 Å². The lowest BCUT2D eigenvalue weighted by Gasteiger charge is -2.12. The van der Waals surface area contributed by atoms with Crippen LogP contribution in [0.15, 0.2) is 48.5 Å². The minimum Gasteiger partial charge on any atom is -0.462 e. The highest BCUT2D eigenvalue weighted by Crippen LogP contribution is 2.23. The van der Waals surface area contributed by atoms with Crippen LogP contribution in [0.3, 0.4) is 0 Å². The van der Waals surface area contributed by atoms with Gasteiger partial charge in [0.25, 0.3) is 0 Å².